The summed E-state index contributed by atoms with van der Waals surface area (Å²) >= 11 is 0. The molecule has 0 N–H and O–H groups in total. The second-order valence-electron chi connectivity index (χ2n) is 5.94. The zero-order valence-electron chi connectivity index (χ0n) is 14.0. The SMILES string of the molecule is CCOc1cncc(CN2CCc3ncnc(N(C)C)c3C2)c1. The molecule has 3 rings (SSSR count). The van der Waals surface area contributed by atoms with Gasteiger partial charge in [-0.25, -0.2) is 9.97 Å². The number of anilines is 1. The van der Waals surface area contributed by atoms with E-state index in [1.54, 1.807) is 12.5 Å². The van der Waals surface area contributed by atoms with E-state index >= 15 is 0 Å². The predicted molar refractivity (Wildman–Crippen MR) is 89.6 cm³/mol. The fraction of sp³-hybridized carbons (Fsp3) is 0.471. The molecule has 2 aromatic rings. The smallest absolute Gasteiger partial charge is 0.137 e. The molecular formula is C17H23N5O. The highest BCUT2D eigenvalue weighted by molar-refractivity contribution is 5.48. The van der Waals surface area contributed by atoms with Crippen molar-refractivity contribution in [1.29, 1.82) is 0 Å². The summed E-state index contributed by atoms with van der Waals surface area (Å²) in [4.78, 5) is 17.6. The summed E-state index contributed by atoms with van der Waals surface area (Å²) in [7, 11) is 4.05. The fourth-order valence-electron chi connectivity index (χ4n) is 2.96. The molecule has 0 radical (unpaired) electrons. The Balaban J connectivity index is 1.76. The molecule has 0 fully saturated rings. The number of hydrogen-bond donors (Lipinski definition) is 0. The summed E-state index contributed by atoms with van der Waals surface area (Å²) < 4.78 is 5.53. The van der Waals surface area contributed by atoms with Gasteiger partial charge < -0.3 is 9.64 Å². The molecule has 0 saturated heterocycles. The van der Waals surface area contributed by atoms with Gasteiger partial charge in [-0.2, -0.15) is 0 Å². The van der Waals surface area contributed by atoms with E-state index in [0.29, 0.717) is 6.61 Å². The molecule has 6 nitrogen and oxygen atoms in total. The quantitative estimate of drug-likeness (QED) is 0.840. The van der Waals surface area contributed by atoms with Gasteiger partial charge in [-0.1, -0.05) is 0 Å². The van der Waals surface area contributed by atoms with Crippen LogP contribution in [0.15, 0.2) is 24.8 Å². The van der Waals surface area contributed by atoms with Gasteiger partial charge in [-0.3, -0.25) is 9.88 Å². The summed E-state index contributed by atoms with van der Waals surface area (Å²) in [6, 6.07) is 2.07. The van der Waals surface area contributed by atoms with Gasteiger partial charge in [0.2, 0.25) is 0 Å². The molecule has 122 valence electrons. The highest BCUT2D eigenvalue weighted by atomic mass is 16.5. The first-order valence-corrected chi connectivity index (χ1v) is 7.96. The van der Waals surface area contributed by atoms with Gasteiger partial charge in [0.15, 0.2) is 0 Å². The lowest BCUT2D eigenvalue weighted by Crippen LogP contribution is -2.32. The van der Waals surface area contributed by atoms with E-state index < -0.39 is 0 Å². The van der Waals surface area contributed by atoms with Crippen molar-refractivity contribution < 1.29 is 4.74 Å². The topological polar surface area (TPSA) is 54.4 Å². The Labute approximate surface area is 137 Å². The molecule has 0 aromatic carbocycles. The lowest BCUT2D eigenvalue weighted by atomic mass is 10.1. The molecule has 0 unspecified atom stereocenters. The zero-order valence-corrected chi connectivity index (χ0v) is 14.0. The first-order chi connectivity index (χ1) is 11.2. The van der Waals surface area contributed by atoms with Crippen molar-refractivity contribution in [2.24, 2.45) is 0 Å². The van der Waals surface area contributed by atoms with E-state index in [4.69, 9.17) is 4.74 Å². The number of ether oxygens (including phenoxy) is 1. The number of rotatable bonds is 5. The van der Waals surface area contributed by atoms with Crippen LogP contribution in [0.3, 0.4) is 0 Å². The average molecular weight is 313 g/mol. The molecule has 23 heavy (non-hydrogen) atoms. The Morgan fingerprint density at radius 3 is 2.91 bits per heavy atom. The van der Waals surface area contributed by atoms with Crippen LogP contribution in [0.1, 0.15) is 23.7 Å². The number of fused-ring (bicyclic) bond motifs is 1. The minimum atomic E-state index is 0.658. The molecule has 1 aliphatic heterocycles. The highest BCUT2D eigenvalue weighted by Crippen LogP contribution is 2.25. The normalized spacial score (nSPS) is 14.4. The summed E-state index contributed by atoms with van der Waals surface area (Å²) in [6.45, 7) is 5.36. The maximum absolute atomic E-state index is 5.53. The van der Waals surface area contributed by atoms with Gasteiger partial charge in [0.1, 0.15) is 17.9 Å². The van der Waals surface area contributed by atoms with Gasteiger partial charge in [0.25, 0.3) is 0 Å². The third-order valence-corrected chi connectivity index (χ3v) is 3.97. The van der Waals surface area contributed by atoms with Crippen LogP contribution in [-0.4, -0.2) is 47.1 Å². The van der Waals surface area contributed by atoms with E-state index in [-0.39, 0.29) is 0 Å². The van der Waals surface area contributed by atoms with Crippen molar-refractivity contribution in [1.82, 2.24) is 19.9 Å². The first-order valence-electron chi connectivity index (χ1n) is 7.96. The monoisotopic (exact) mass is 313 g/mol. The van der Waals surface area contributed by atoms with Crippen LogP contribution in [0.5, 0.6) is 5.75 Å². The number of pyridine rings is 1. The Morgan fingerprint density at radius 2 is 2.13 bits per heavy atom. The highest BCUT2D eigenvalue weighted by Gasteiger charge is 2.22. The van der Waals surface area contributed by atoms with Crippen LogP contribution in [0.4, 0.5) is 5.82 Å². The van der Waals surface area contributed by atoms with Crippen LogP contribution in [0.2, 0.25) is 0 Å². The number of aromatic nitrogens is 3. The van der Waals surface area contributed by atoms with E-state index in [0.717, 1.165) is 37.6 Å². The van der Waals surface area contributed by atoms with Crippen LogP contribution < -0.4 is 9.64 Å². The summed E-state index contributed by atoms with van der Waals surface area (Å²) in [5.41, 5.74) is 3.57. The molecule has 0 aliphatic carbocycles. The van der Waals surface area contributed by atoms with Gasteiger partial charge in [-0.15, -0.1) is 0 Å². The minimum absolute atomic E-state index is 0.658. The Bertz CT molecular complexity index is 674. The van der Waals surface area contributed by atoms with E-state index in [9.17, 15) is 0 Å². The van der Waals surface area contributed by atoms with Crippen molar-refractivity contribution in [2.75, 3.05) is 32.1 Å². The molecule has 0 bridgehead atoms. The third-order valence-electron chi connectivity index (χ3n) is 3.97. The van der Waals surface area contributed by atoms with Crippen LogP contribution in [0.25, 0.3) is 0 Å². The van der Waals surface area contributed by atoms with Gasteiger partial charge in [0.05, 0.1) is 18.5 Å². The van der Waals surface area contributed by atoms with Crippen LogP contribution >= 0.6 is 0 Å². The first kappa shape index (κ1) is 15.7. The standard InChI is InChI=1S/C17H23N5O/c1-4-23-14-7-13(8-18-9-14)10-22-6-5-16-15(11-22)17(21(2)3)20-12-19-16/h7-9,12H,4-6,10-11H2,1-3H3. The van der Waals surface area contributed by atoms with E-state index in [2.05, 4.69) is 30.8 Å². The summed E-state index contributed by atoms with van der Waals surface area (Å²) in [5.74, 6) is 1.85. The van der Waals surface area contributed by atoms with Gasteiger partial charge >= 0.3 is 0 Å². The van der Waals surface area contributed by atoms with Crippen LogP contribution in [-0.2, 0) is 19.5 Å². The van der Waals surface area contributed by atoms with Gasteiger partial charge in [0, 0.05) is 51.9 Å². The van der Waals surface area contributed by atoms with Crippen molar-refractivity contribution in [2.45, 2.75) is 26.4 Å². The molecule has 0 spiro atoms. The van der Waals surface area contributed by atoms with E-state index in [1.165, 1.54) is 16.8 Å². The molecule has 1 aliphatic rings. The number of nitrogens with zero attached hydrogens (tertiary/aromatic N) is 5. The van der Waals surface area contributed by atoms with Crippen LogP contribution in [0, 0.1) is 0 Å². The van der Waals surface area contributed by atoms with Gasteiger partial charge in [-0.05, 0) is 18.6 Å². The second kappa shape index (κ2) is 6.91. The molecule has 3 heterocycles. The molecule has 0 saturated carbocycles. The summed E-state index contributed by atoms with van der Waals surface area (Å²) in [6.07, 6.45) is 6.29. The maximum atomic E-state index is 5.53. The Hall–Kier alpha value is -2.21. The molecule has 0 amide bonds. The van der Waals surface area contributed by atoms with Crippen molar-refractivity contribution >= 4 is 5.82 Å². The largest absolute Gasteiger partial charge is 0.492 e. The molecule has 6 heteroatoms. The van der Waals surface area contributed by atoms with Crippen molar-refractivity contribution in [3.05, 3.63) is 41.6 Å². The number of hydrogen-bond acceptors (Lipinski definition) is 6. The second-order valence-corrected chi connectivity index (χ2v) is 5.94. The molecule has 2 aromatic heterocycles. The maximum Gasteiger partial charge on any atom is 0.137 e. The lowest BCUT2D eigenvalue weighted by molar-refractivity contribution is 0.242. The van der Waals surface area contributed by atoms with Crippen molar-refractivity contribution in [3.63, 3.8) is 0 Å². The minimum Gasteiger partial charge on any atom is -0.492 e. The van der Waals surface area contributed by atoms with E-state index in [1.807, 2.05) is 27.2 Å². The molecular weight excluding hydrogens is 290 g/mol. The lowest BCUT2D eigenvalue weighted by Gasteiger charge is -2.30. The van der Waals surface area contributed by atoms with Crippen molar-refractivity contribution in [3.8, 4) is 5.75 Å². The average Bonchev–Trinajstić information content (AvgIpc) is 2.55. The Kier molecular flexibility index (Phi) is 4.71. The Morgan fingerprint density at radius 1 is 1.26 bits per heavy atom. The predicted octanol–water partition coefficient (Wildman–Crippen LogP) is 1.89. The fourth-order valence-corrected chi connectivity index (χ4v) is 2.96. The summed E-state index contributed by atoms with van der Waals surface area (Å²) in [5, 5.41) is 0. The molecule has 0 atom stereocenters. The third kappa shape index (κ3) is 3.59. The zero-order chi connectivity index (χ0) is 16.2.